The van der Waals surface area contributed by atoms with E-state index in [1.165, 1.54) is 4.90 Å². The maximum absolute atomic E-state index is 12.5. The Morgan fingerprint density at radius 1 is 1.38 bits per heavy atom. The molecule has 1 heterocycles. The average Bonchev–Trinajstić information content (AvgIpc) is 2.36. The number of rotatable bonds is 5. The molecule has 7 nitrogen and oxygen atoms in total. The van der Waals surface area contributed by atoms with Crippen molar-refractivity contribution in [2.75, 3.05) is 13.1 Å². The molecular formula is C14H25N3O4. The number of hydrogen-bond acceptors (Lipinski definition) is 3. The van der Waals surface area contributed by atoms with Crippen LogP contribution in [-0.2, 0) is 9.59 Å². The molecular weight excluding hydrogens is 274 g/mol. The van der Waals surface area contributed by atoms with Crippen molar-refractivity contribution in [3.05, 3.63) is 0 Å². The van der Waals surface area contributed by atoms with Gasteiger partial charge in [-0.2, -0.15) is 0 Å². The number of hydrogen-bond donors (Lipinski definition) is 3. The van der Waals surface area contributed by atoms with Gasteiger partial charge in [0.15, 0.2) is 0 Å². The van der Waals surface area contributed by atoms with Gasteiger partial charge in [0.2, 0.25) is 5.91 Å². The summed E-state index contributed by atoms with van der Waals surface area (Å²) in [5.41, 5.74) is 4.20. The van der Waals surface area contributed by atoms with Crippen molar-refractivity contribution in [2.45, 2.75) is 46.1 Å². The van der Waals surface area contributed by atoms with Crippen LogP contribution in [0, 0.1) is 11.3 Å². The van der Waals surface area contributed by atoms with Crippen LogP contribution in [0.25, 0.3) is 0 Å². The van der Waals surface area contributed by atoms with Crippen molar-refractivity contribution in [3.8, 4) is 0 Å². The van der Waals surface area contributed by atoms with E-state index in [1.807, 2.05) is 13.8 Å². The average molecular weight is 299 g/mol. The summed E-state index contributed by atoms with van der Waals surface area (Å²) < 4.78 is 0. The van der Waals surface area contributed by atoms with Gasteiger partial charge in [-0.1, -0.05) is 13.8 Å². The fourth-order valence-corrected chi connectivity index (χ4v) is 2.69. The lowest BCUT2D eigenvalue weighted by Gasteiger charge is -2.39. The molecule has 21 heavy (non-hydrogen) atoms. The minimum absolute atomic E-state index is 0.163. The maximum atomic E-state index is 12.5. The molecule has 0 radical (unpaired) electrons. The van der Waals surface area contributed by atoms with Gasteiger partial charge >= 0.3 is 12.0 Å². The smallest absolute Gasteiger partial charge is 0.312 e. The first kappa shape index (κ1) is 17.3. The molecule has 1 aliphatic heterocycles. The van der Waals surface area contributed by atoms with Crippen LogP contribution in [0.3, 0.4) is 0 Å². The number of amides is 3. The predicted molar refractivity (Wildman–Crippen MR) is 77.5 cm³/mol. The number of likely N-dealkylation sites (tertiary alicyclic amines) is 1. The van der Waals surface area contributed by atoms with E-state index in [-0.39, 0.29) is 18.4 Å². The van der Waals surface area contributed by atoms with Crippen molar-refractivity contribution in [1.29, 1.82) is 0 Å². The maximum Gasteiger partial charge on any atom is 0.312 e. The Morgan fingerprint density at radius 2 is 2.00 bits per heavy atom. The number of nitrogens with zero attached hydrogens (tertiary/aromatic N) is 1. The minimum Gasteiger partial charge on any atom is -0.481 e. The van der Waals surface area contributed by atoms with Crippen LogP contribution in [0.1, 0.15) is 40.0 Å². The van der Waals surface area contributed by atoms with Gasteiger partial charge in [0.25, 0.3) is 0 Å². The van der Waals surface area contributed by atoms with Gasteiger partial charge in [-0.25, -0.2) is 4.79 Å². The number of aliphatic carboxylic acids is 1. The highest BCUT2D eigenvalue weighted by molar-refractivity contribution is 5.87. The third-order valence-electron chi connectivity index (χ3n) is 3.85. The van der Waals surface area contributed by atoms with Gasteiger partial charge in [0, 0.05) is 13.1 Å². The van der Waals surface area contributed by atoms with Gasteiger partial charge in [-0.15, -0.1) is 0 Å². The van der Waals surface area contributed by atoms with E-state index < -0.39 is 23.5 Å². The van der Waals surface area contributed by atoms with Crippen LogP contribution in [-0.4, -0.2) is 47.0 Å². The molecule has 0 aromatic carbocycles. The summed E-state index contributed by atoms with van der Waals surface area (Å²) >= 11 is 0. The minimum atomic E-state index is -0.928. The number of nitrogens with two attached hydrogens (primary N) is 1. The van der Waals surface area contributed by atoms with E-state index in [9.17, 15) is 19.5 Å². The third-order valence-corrected chi connectivity index (χ3v) is 3.85. The zero-order valence-corrected chi connectivity index (χ0v) is 12.9. The number of urea groups is 1. The lowest BCUT2D eigenvalue weighted by atomic mass is 9.81. The number of carboxylic acids is 1. The van der Waals surface area contributed by atoms with Crippen LogP contribution in [0.2, 0.25) is 0 Å². The van der Waals surface area contributed by atoms with Crippen LogP contribution in [0.5, 0.6) is 0 Å². The first-order valence-electron chi connectivity index (χ1n) is 7.24. The molecule has 0 aromatic heterocycles. The van der Waals surface area contributed by atoms with E-state index in [2.05, 4.69) is 5.32 Å². The van der Waals surface area contributed by atoms with E-state index >= 15 is 0 Å². The van der Waals surface area contributed by atoms with E-state index in [1.54, 1.807) is 6.92 Å². The number of nitrogens with one attached hydrogen (secondary N) is 1. The topological polar surface area (TPSA) is 113 Å². The monoisotopic (exact) mass is 299 g/mol. The SMILES string of the molecule is CC(C)CC(NC(N)=O)C(=O)N1CCCC(C)(C(=O)O)C1. The predicted octanol–water partition coefficient (Wildman–Crippen LogP) is 0.783. The summed E-state index contributed by atoms with van der Waals surface area (Å²) in [5, 5.41) is 11.8. The second-order valence-corrected chi connectivity index (χ2v) is 6.42. The summed E-state index contributed by atoms with van der Waals surface area (Å²) in [6.45, 7) is 6.21. The number of piperidine rings is 1. The van der Waals surface area contributed by atoms with Crippen molar-refractivity contribution in [1.82, 2.24) is 10.2 Å². The lowest BCUT2D eigenvalue weighted by Crippen LogP contribution is -2.55. The molecule has 1 aliphatic rings. The Kier molecular flexibility index (Phi) is 5.57. The molecule has 0 bridgehead atoms. The molecule has 0 aromatic rings. The largest absolute Gasteiger partial charge is 0.481 e. The highest BCUT2D eigenvalue weighted by Gasteiger charge is 2.40. The van der Waals surface area contributed by atoms with Crippen LogP contribution < -0.4 is 11.1 Å². The number of primary amides is 1. The summed E-state index contributed by atoms with van der Waals surface area (Å²) in [6, 6.07) is -1.44. The Balaban J connectivity index is 2.82. The van der Waals surface area contributed by atoms with E-state index in [0.717, 1.165) is 0 Å². The van der Waals surface area contributed by atoms with Crippen molar-refractivity contribution >= 4 is 17.9 Å². The molecule has 1 fully saturated rings. The van der Waals surface area contributed by atoms with Gasteiger partial charge in [0.1, 0.15) is 6.04 Å². The first-order chi connectivity index (χ1) is 9.65. The van der Waals surface area contributed by atoms with Gasteiger partial charge in [0.05, 0.1) is 5.41 Å². The second kappa shape index (κ2) is 6.78. The lowest BCUT2D eigenvalue weighted by molar-refractivity contribution is -0.154. The van der Waals surface area contributed by atoms with Crippen LogP contribution in [0.15, 0.2) is 0 Å². The molecule has 2 unspecified atom stereocenters. The fourth-order valence-electron chi connectivity index (χ4n) is 2.69. The fraction of sp³-hybridized carbons (Fsp3) is 0.786. The first-order valence-corrected chi connectivity index (χ1v) is 7.24. The number of carbonyl (C=O) groups excluding carboxylic acids is 2. The van der Waals surface area contributed by atoms with Gasteiger partial charge in [-0.3, -0.25) is 9.59 Å². The molecule has 2 atom stereocenters. The molecule has 1 saturated heterocycles. The number of carbonyl (C=O) groups is 3. The normalized spacial score (nSPS) is 23.7. The summed E-state index contributed by atoms with van der Waals surface area (Å²) in [5.74, 6) is -0.945. The van der Waals surface area contributed by atoms with Crippen LogP contribution in [0.4, 0.5) is 4.79 Å². The third kappa shape index (κ3) is 4.61. The molecule has 0 spiro atoms. The van der Waals surface area contributed by atoms with Crippen molar-refractivity contribution in [2.24, 2.45) is 17.1 Å². The van der Waals surface area contributed by atoms with Crippen LogP contribution >= 0.6 is 0 Å². The standard InChI is InChI=1S/C14H25N3O4/c1-9(2)7-10(16-13(15)21)11(18)17-6-4-5-14(3,8-17)12(19)20/h9-10H,4-8H2,1-3H3,(H,19,20)(H3,15,16,21). The Hall–Kier alpha value is -1.79. The number of carboxylic acid groups (broad SMARTS) is 1. The quantitative estimate of drug-likeness (QED) is 0.696. The van der Waals surface area contributed by atoms with E-state index in [0.29, 0.717) is 25.8 Å². The highest BCUT2D eigenvalue weighted by Crippen LogP contribution is 2.30. The summed E-state index contributed by atoms with van der Waals surface area (Å²) in [7, 11) is 0. The molecule has 120 valence electrons. The van der Waals surface area contributed by atoms with E-state index in [4.69, 9.17) is 5.73 Å². The van der Waals surface area contributed by atoms with Crippen molar-refractivity contribution in [3.63, 3.8) is 0 Å². The van der Waals surface area contributed by atoms with Crippen molar-refractivity contribution < 1.29 is 19.5 Å². The molecule has 0 aliphatic carbocycles. The molecule has 3 amide bonds. The Morgan fingerprint density at radius 3 is 2.48 bits per heavy atom. The summed E-state index contributed by atoms with van der Waals surface area (Å²) in [6.07, 6.45) is 1.66. The molecule has 7 heteroatoms. The Bertz CT molecular complexity index is 424. The molecule has 1 rings (SSSR count). The highest BCUT2D eigenvalue weighted by atomic mass is 16.4. The van der Waals surface area contributed by atoms with Gasteiger partial charge in [-0.05, 0) is 32.1 Å². The zero-order chi connectivity index (χ0) is 16.2. The molecule has 4 N–H and O–H groups in total. The Labute approximate surface area is 124 Å². The summed E-state index contributed by atoms with van der Waals surface area (Å²) in [4.78, 5) is 36.5. The second-order valence-electron chi connectivity index (χ2n) is 6.42. The van der Waals surface area contributed by atoms with Gasteiger partial charge < -0.3 is 21.1 Å². The molecule has 0 saturated carbocycles. The zero-order valence-electron chi connectivity index (χ0n) is 12.9.